The minimum atomic E-state index is -0.780. The number of ether oxygens (including phenoxy) is 1. The molecular formula is C31H38N2O4. The van der Waals surface area contributed by atoms with E-state index in [4.69, 9.17) is 14.8 Å². The number of hydrogen-bond donors (Lipinski definition) is 1. The number of aliphatic carboxylic acids is 1. The molecule has 3 rings (SSSR count). The molecule has 196 valence electrons. The zero-order valence-electron chi connectivity index (χ0n) is 22.3. The lowest BCUT2D eigenvalue weighted by molar-refractivity contribution is -0.137. The topological polar surface area (TPSA) is 79.7 Å². The van der Waals surface area contributed by atoms with Crippen LogP contribution in [0.5, 0.6) is 0 Å². The van der Waals surface area contributed by atoms with Gasteiger partial charge in [0.2, 0.25) is 0 Å². The van der Waals surface area contributed by atoms with Gasteiger partial charge in [-0.25, -0.2) is 4.98 Å². The van der Waals surface area contributed by atoms with Crippen LogP contribution < -0.4 is 0 Å². The summed E-state index contributed by atoms with van der Waals surface area (Å²) in [7, 11) is 1.66. The minimum absolute atomic E-state index is 0.0347. The average molecular weight is 503 g/mol. The normalized spacial score (nSPS) is 15.3. The van der Waals surface area contributed by atoms with Crippen molar-refractivity contribution in [3.05, 3.63) is 83.8 Å². The van der Waals surface area contributed by atoms with Gasteiger partial charge >= 0.3 is 5.97 Å². The van der Waals surface area contributed by atoms with Crippen LogP contribution in [0.15, 0.2) is 67.0 Å². The molecule has 0 bridgehead atoms. The number of pyridine rings is 1. The number of piperidine rings is 1. The number of aromatic nitrogens is 1. The first-order chi connectivity index (χ1) is 17.8. The lowest BCUT2D eigenvalue weighted by Crippen LogP contribution is -2.38. The van der Waals surface area contributed by atoms with Crippen LogP contribution in [0, 0.1) is 5.92 Å². The number of aryl methyl sites for hydroxylation is 1. The smallest absolute Gasteiger partial charge is 0.303 e. The molecule has 1 aliphatic rings. The van der Waals surface area contributed by atoms with Gasteiger partial charge in [0.15, 0.2) is 0 Å². The predicted octanol–water partition coefficient (Wildman–Crippen LogP) is 6.58. The van der Waals surface area contributed by atoms with Crippen LogP contribution in [-0.4, -0.2) is 47.1 Å². The Hall–Kier alpha value is -3.67. The molecule has 1 saturated heterocycles. The number of carbonyl (C=O) groups excluding carboxylic acids is 1. The quantitative estimate of drug-likeness (QED) is 0.213. The first-order valence-electron chi connectivity index (χ1n) is 12.9. The summed E-state index contributed by atoms with van der Waals surface area (Å²) in [5.41, 5.74) is 5.62. The van der Waals surface area contributed by atoms with Gasteiger partial charge in [-0.3, -0.25) is 9.59 Å². The van der Waals surface area contributed by atoms with E-state index in [1.165, 1.54) is 5.57 Å². The maximum atomic E-state index is 13.4. The summed E-state index contributed by atoms with van der Waals surface area (Å²) in [6.07, 6.45) is 9.45. The van der Waals surface area contributed by atoms with Gasteiger partial charge in [-0.2, -0.15) is 0 Å². The highest BCUT2D eigenvalue weighted by molar-refractivity contribution is 5.98. The molecule has 6 nitrogen and oxygen atoms in total. The second-order valence-corrected chi connectivity index (χ2v) is 9.61. The van der Waals surface area contributed by atoms with Crippen molar-refractivity contribution in [1.82, 2.24) is 9.88 Å². The Labute approximate surface area is 220 Å². The van der Waals surface area contributed by atoms with Gasteiger partial charge in [-0.15, -0.1) is 0 Å². The fourth-order valence-corrected chi connectivity index (χ4v) is 5.04. The van der Waals surface area contributed by atoms with Crippen LogP contribution in [0.1, 0.15) is 67.6 Å². The van der Waals surface area contributed by atoms with Crippen molar-refractivity contribution in [3.8, 4) is 0 Å². The Balaban J connectivity index is 1.82. The number of allylic oxidation sites excluding steroid dienone is 5. The van der Waals surface area contributed by atoms with E-state index in [-0.39, 0.29) is 12.3 Å². The maximum absolute atomic E-state index is 13.4. The Morgan fingerprint density at radius 2 is 1.89 bits per heavy atom. The number of hydrogen-bond acceptors (Lipinski definition) is 4. The standard InChI is InChI=1S/C31H38N2O4/c1-6-10-21(3)30-24(11-8-9-12-29(34)35)19-26-20-25(13-14-27(26)32-30)31(36)33-17-15-23(16-18-33)22(4)28(7-2)37-5/h6-7,10,13-14,19-20,23H,1-2,8-9,11-12,15-18H2,3-5H3,(H,34,35). The summed E-state index contributed by atoms with van der Waals surface area (Å²) in [5.74, 6) is 0.458. The predicted molar refractivity (Wildman–Crippen MR) is 149 cm³/mol. The van der Waals surface area contributed by atoms with E-state index in [9.17, 15) is 9.59 Å². The van der Waals surface area contributed by atoms with Gasteiger partial charge in [-0.1, -0.05) is 25.3 Å². The highest BCUT2D eigenvalue weighted by Gasteiger charge is 2.26. The van der Waals surface area contributed by atoms with Crippen LogP contribution in [0.3, 0.4) is 0 Å². The number of carboxylic acid groups (broad SMARTS) is 1. The van der Waals surface area contributed by atoms with Crippen LogP contribution in [0.25, 0.3) is 16.5 Å². The molecule has 1 fully saturated rings. The summed E-state index contributed by atoms with van der Waals surface area (Å²) in [4.78, 5) is 31.1. The molecule has 0 aliphatic carbocycles. The van der Waals surface area contributed by atoms with Crippen LogP contribution in [0.4, 0.5) is 0 Å². The van der Waals surface area contributed by atoms with Gasteiger partial charge in [0.25, 0.3) is 5.91 Å². The molecule has 1 amide bonds. The van der Waals surface area contributed by atoms with Gasteiger partial charge in [-0.05, 0) is 98.9 Å². The third kappa shape index (κ3) is 6.97. The van der Waals surface area contributed by atoms with Crippen LogP contribution in [0.2, 0.25) is 0 Å². The van der Waals surface area contributed by atoms with Crippen LogP contribution >= 0.6 is 0 Å². The molecule has 6 heteroatoms. The number of carboxylic acids is 1. The first kappa shape index (κ1) is 27.9. The van der Waals surface area contributed by atoms with Crippen LogP contribution in [-0.2, 0) is 16.0 Å². The van der Waals surface area contributed by atoms with E-state index in [1.54, 1.807) is 19.3 Å². The molecule has 1 N–H and O–H groups in total. The highest BCUT2D eigenvalue weighted by atomic mass is 16.5. The van der Waals surface area contributed by atoms with E-state index >= 15 is 0 Å². The second-order valence-electron chi connectivity index (χ2n) is 9.61. The molecular weight excluding hydrogens is 464 g/mol. The fraction of sp³-hybridized carbons (Fsp3) is 0.387. The Morgan fingerprint density at radius 1 is 1.16 bits per heavy atom. The summed E-state index contributed by atoms with van der Waals surface area (Å²) >= 11 is 0. The zero-order chi connectivity index (χ0) is 26.9. The molecule has 0 unspecified atom stereocenters. The molecule has 2 heterocycles. The van der Waals surface area contributed by atoms with E-state index in [2.05, 4.69) is 26.1 Å². The largest absolute Gasteiger partial charge is 0.497 e. The number of methoxy groups -OCH3 is 1. The lowest BCUT2D eigenvalue weighted by Gasteiger charge is -2.33. The lowest BCUT2D eigenvalue weighted by atomic mass is 9.89. The third-order valence-corrected chi connectivity index (χ3v) is 7.16. The number of nitrogens with zero attached hydrogens (tertiary/aromatic N) is 2. The number of rotatable bonds is 11. The Morgan fingerprint density at radius 3 is 2.51 bits per heavy atom. The summed E-state index contributed by atoms with van der Waals surface area (Å²) in [6.45, 7) is 13.1. The Kier molecular flexibility index (Phi) is 9.84. The molecule has 1 aromatic heterocycles. The molecule has 1 aromatic carbocycles. The average Bonchev–Trinajstić information content (AvgIpc) is 2.90. The van der Waals surface area contributed by atoms with Crippen molar-refractivity contribution in [1.29, 1.82) is 0 Å². The molecule has 37 heavy (non-hydrogen) atoms. The van der Waals surface area contributed by atoms with E-state index in [0.29, 0.717) is 31.0 Å². The fourth-order valence-electron chi connectivity index (χ4n) is 5.04. The monoisotopic (exact) mass is 502 g/mol. The van der Waals surface area contributed by atoms with Crippen molar-refractivity contribution in [2.45, 2.75) is 52.4 Å². The van der Waals surface area contributed by atoms with Crippen molar-refractivity contribution >= 4 is 28.4 Å². The summed E-state index contributed by atoms with van der Waals surface area (Å²) < 4.78 is 5.43. The number of benzene rings is 1. The van der Waals surface area contributed by atoms with Crippen molar-refractivity contribution in [2.24, 2.45) is 5.92 Å². The third-order valence-electron chi connectivity index (χ3n) is 7.16. The second kappa shape index (κ2) is 13.0. The number of unbranched alkanes of at least 4 members (excludes halogenated alkanes) is 1. The molecule has 1 aliphatic heterocycles. The van der Waals surface area contributed by atoms with Gasteiger partial charge < -0.3 is 14.7 Å². The summed E-state index contributed by atoms with van der Waals surface area (Å²) in [6, 6.07) is 7.80. The molecule has 2 aromatic rings. The number of fused-ring (bicyclic) bond motifs is 1. The minimum Gasteiger partial charge on any atom is -0.497 e. The van der Waals surface area contributed by atoms with E-state index in [1.807, 2.05) is 36.1 Å². The highest BCUT2D eigenvalue weighted by Crippen LogP contribution is 2.29. The van der Waals surface area contributed by atoms with Crippen molar-refractivity contribution in [2.75, 3.05) is 20.2 Å². The molecule has 0 spiro atoms. The zero-order valence-corrected chi connectivity index (χ0v) is 22.3. The number of likely N-dealkylation sites (tertiary alicyclic amines) is 1. The van der Waals surface area contributed by atoms with Gasteiger partial charge in [0.05, 0.1) is 18.3 Å². The number of amides is 1. The number of carbonyl (C=O) groups is 2. The van der Waals surface area contributed by atoms with Gasteiger partial charge in [0, 0.05) is 30.5 Å². The molecule has 0 saturated carbocycles. The Bertz CT molecular complexity index is 1230. The maximum Gasteiger partial charge on any atom is 0.303 e. The summed E-state index contributed by atoms with van der Waals surface area (Å²) in [5, 5.41) is 9.88. The molecule has 0 atom stereocenters. The van der Waals surface area contributed by atoms with Crippen molar-refractivity contribution in [3.63, 3.8) is 0 Å². The van der Waals surface area contributed by atoms with Gasteiger partial charge in [0.1, 0.15) is 5.76 Å². The molecule has 0 radical (unpaired) electrons. The van der Waals surface area contributed by atoms with E-state index < -0.39 is 5.97 Å². The van der Waals surface area contributed by atoms with E-state index in [0.717, 1.165) is 59.2 Å². The SMILES string of the molecule is C=CC=C(C)c1nc2ccc(C(=O)N3CCC(C(C)=C(C=C)OC)CC3)cc2cc1CCCCC(=O)O. The van der Waals surface area contributed by atoms with Crippen molar-refractivity contribution < 1.29 is 19.4 Å². The first-order valence-corrected chi connectivity index (χ1v) is 12.9.